The smallest absolute Gasteiger partial charge is 0.241 e. The van der Waals surface area contributed by atoms with Crippen molar-refractivity contribution in [2.45, 2.75) is 37.9 Å². The maximum absolute atomic E-state index is 12.7. The number of hydrogen-bond donors (Lipinski definition) is 2. The maximum Gasteiger partial charge on any atom is 0.241 e. The molecule has 0 atom stereocenters. The van der Waals surface area contributed by atoms with E-state index in [0.717, 1.165) is 53.6 Å². The lowest BCUT2D eigenvalue weighted by atomic mass is 9.87. The van der Waals surface area contributed by atoms with Crippen LogP contribution in [-0.4, -0.2) is 45.0 Å². The highest BCUT2D eigenvalue weighted by Gasteiger charge is 2.51. The van der Waals surface area contributed by atoms with Gasteiger partial charge in [0.1, 0.15) is 5.54 Å². The van der Waals surface area contributed by atoms with Gasteiger partial charge in [0.15, 0.2) is 0 Å². The molecule has 2 aliphatic heterocycles. The third-order valence-electron chi connectivity index (χ3n) is 6.28. The van der Waals surface area contributed by atoms with E-state index < -0.39 is 5.54 Å². The van der Waals surface area contributed by atoms with Gasteiger partial charge in [0, 0.05) is 43.5 Å². The number of nitrogens with zero attached hydrogens (tertiary/aromatic N) is 4. The van der Waals surface area contributed by atoms with Gasteiger partial charge in [-0.25, -0.2) is 0 Å². The Hall–Kier alpha value is -2.64. The Bertz CT molecular complexity index is 1150. The van der Waals surface area contributed by atoms with Crippen LogP contribution in [0.25, 0.3) is 22.0 Å². The average Bonchev–Trinajstić information content (AvgIpc) is 3.18. The van der Waals surface area contributed by atoms with E-state index in [1.165, 1.54) is 0 Å². The molecule has 30 heavy (non-hydrogen) atoms. The molecule has 1 aromatic carbocycles. The van der Waals surface area contributed by atoms with E-state index in [1.807, 2.05) is 38.0 Å². The van der Waals surface area contributed by atoms with E-state index in [-0.39, 0.29) is 11.6 Å². The molecule has 2 aromatic heterocycles. The van der Waals surface area contributed by atoms with Crippen molar-refractivity contribution in [1.82, 2.24) is 25.4 Å². The number of piperidine rings is 1. The third-order valence-corrected chi connectivity index (χ3v) is 6.55. The van der Waals surface area contributed by atoms with Crippen molar-refractivity contribution in [1.29, 1.82) is 0 Å². The number of nitrogens with one attached hydrogen (secondary N) is 2. The van der Waals surface area contributed by atoms with Gasteiger partial charge in [-0.05, 0) is 44.4 Å². The molecule has 2 N–H and O–H groups in total. The summed E-state index contributed by atoms with van der Waals surface area (Å²) in [5.74, 6) is 0.0928. The van der Waals surface area contributed by atoms with Gasteiger partial charge in [-0.3, -0.25) is 19.8 Å². The number of fused-ring (bicyclic) bond motifs is 1. The minimum Gasteiger partial charge on any atom is -0.370 e. The normalized spacial score (nSPS) is 20.1. The summed E-state index contributed by atoms with van der Waals surface area (Å²) in [6.45, 7) is 5.47. The highest BCUT2D eigenvalue weighted by molar-refractivity contribution is 6.33. The van der Waals surface area contributed by atoms with Crippen LogP contribution < -0.4 is 15.5 Å². The Kier molecular flexibility index (Phi) is 4.31. The summed E-state index contributed by atoms with van der Waals surface area (Å²) in [5, 5.41) is 12.6. The first kappa shape index (κ1) is 19.3. The van der Waals surface area contributed by atoms with Crippen molar-refractivity contribution >= 4 is 34.1 Å². The largest absolute Gasteiger partial charge is 0.370 e. The van der Waals surface area contributed by atoms with E-state index in [9.17, 15) is 4.79 Å². The molecule has 2 fully saturated rings. The summed E-state index contributed by atoms with van der Waals surface area (Å²) in [6.07, 6.45) is 6.88. The Balaban J connectivity index is 1.48. The number of amides is 1. The average molecular weight is 425 g/mol. The zero-order valence-electron chi connectivity index (χ0n) is 17.4. The standard InChI is InChI=1S/C22H25ClN6O/c1-21(2)26-20(30)22(27-21)6-8-29(9-7-22)19-16(12-24-13-17(19)23)14-4-5-18-15(10-14)11-25-28(18)3/h4-5,10-13,27H,6-9H2,1-3H3,(H,26,30). The monoisotopic (exact) mass is 424 g/mol. The number of pyridine rings is 1. The first-order chi connectivity index (χ1) is 14.3. The van der Waals surface area contributed by atoms with Gasteiger partial charge in [0.25, 0.3) is 0 Å². The fourth-order valence-corrected chi connectivity index (χ4v) is 5.12. The first-order valence-electron chi connectivity index (χ1n) is 10.2. The third kappa shape index (κ3) is 3.04. The highest BCUT2D eigenvalue weighted by Crippen LogP contribution is 2.40. The van der Waals surface area contributed by atoms with Crippen LogP contribution in [0.2, 0.25) is 5.02 Å². The highest BCUT2D eigenvalue weighted by atomic mass is 35.5. The lowest BCUT2D eigenvalue weighted by Crippen LogP contribution is -2.56. The molecule has 7 nitrogen and oxygen atoms in total. The molecular formula is C22H25ClN6O. The van der Waals surface area contributed by atoms with Gasteiger partial charge >= 0.3 is 0 Å². The lowest BCUT2D eigenvalue weighted by Gasteiger charge is -2.40. The summed E-state index contributed by atoms with van der Waals surface area (Å²) in [4.78, 5) is 19.3. The van der Waals surface area contributed by atoms with E-state index in [2.05, 4.69) is 43.8 Å². The van der Waals surface area contributed by atoms with Crippen LogP contribution in [0, 0.1) is 0 Å². The van der Waals surface area contributed by atoms with Crippen molar-refractivity contribution in [3.63, 3.8) is 0 Å². The SMILES string of the molecule is Cn1ncc2cc(-c3cncc(Cl)c3N3CCC4(CC3)NC(C)(C)NC4=O)ccc21. The summed E-state index contributed by atoms with van der Waals surface area (Å²) < 4.78 is 1.86. The number of benzene rings is 1. The predicted molar refractivity (Wildman–Crippen MR) is 118 cm³/mol. The van der Waals surface area contributed by atoms with Gasteiger partial charge in [-0.2, -0.15) is 5.10 Å². The van der Waals surface area contributed by atoms with Crippen LogP contribution in [0.5, 0.6) is 0 Å². The van der Waals surface area contributed by atoms with Crippen LogP contribution in [0.1, 0.15) is 26.7 Å². The van der Waals surface area contributed by atoms with Gasteiger partial charge in [0.05, 0.1) is 28.1 Å². The Labute approximate surface area is 180 Å². The van der Waals surface area contributed by atoms with Crippen LogP contribution in [0.4, 0.5) is 5.69 Å². The molecular weight excluding hydrogens is 400 g/mol. The molecule has 1 spiro atoms. The molecule has 8 heteroatoms. The number of hydrogen-bond acceptors (Lipinski definition) is 5. The van der Waals surface area contributed by atoms with Gasteiger partial charge in [-0.15, -0.1) is 0 Å². The maximum atomic E-state index is 12.7. The van der Waals surface area contributed by atoms with Gasteiger partial charge in [0.2, 0.25) is 5.91 Å². The second kappa shape index (κ2) is 6.68. The first-order valence-corrected chi connectivity index (χ1v) is 10.6. The molecule has 0 saturated carbocycles. The van der Waals surface area contributed by atoms with Crippen LogP contribution in [0.3, 0.4) is 0 Å². The summed E-state index contributed by atoms with van der Waals surface area (Å²) in [7, 11) is 1.94. The molecule has 0 unspecified atom stereocenters. The topological polar surface area (TPSA) is 75.1 Å². The van der Waals surface area contributed by atoms with Crippen molar-refractivity contribution in [2.75, 3.05) is 18.0 Å². The Morgan fingerprint density at radius 2 is 1.90 bits per heavy atom. The van der Waals surface area contributed by atoms with E-state index in [4.69, 9.17) is 11.6 Å². The Morgan fingerprint density at radius 1 is 1.13 bits per heavy atom. The number of halogens is 1. The van der Waals surface area contributed by atoms with Crippen LogP contribution in [0.15, 0.2) is 36.8 Å². The zero-order chi connectivity index (χ0) is 21.1. The number of carbonyl (C=O) groups is 1. The summed E-state index contributed by atoms with van der Waals surface area (Å²) in [6, 6.07) is 6.28. The number of rotatable bonds is 2. The molecule has 156 valence electrons. The number of anilines is 1. The van der Waals surface area contributed by atoms with E-state index >= 15 is 0 Å². The minimum absolute atomic E-state index is 0.0928. The molecule has 5 rings (SSSR count). The van der Waals surface area contributed by atoms with Crippen molar-refractivity contribution in [3.8, 4) is 11.1 Å². The number of aromatic nitrogens is 3. The second-order valence-corrected chi connectivity index (χ2v) is 9.24. The molecule has 0 bridgehead atoms. The lowest BCUT2D eigenvalue weighted by molar-refractivity contribution is -0.125. The number of carbonyl (C=O) groups excluding carboxylic acids is 1. The van der Waals surface area contributed by atoms with Crippen molar-refractivity contribution in [2.24, 2.45) is 7.05 Å². The molecule has 3 aromatic rings. The van der Waals surface area contributed by atoms with E-state index in [0.29, 0.717) is 5.02 Å². The quantitative estimate of drug-likeness (QED) is 0.661. The molecule has 0 radical (unpaired) electrons. The molecule has 0 aliphatic carbocycles. The van der Waals surface area contributed by atoms with Crippen LogP contribution >= 0.6 is 11.6 Å². The fourth-order valence-electron chi connectivity index (χ4n) is 4.85. The second-order valence-electron chi connectivity index (χ2n) is 8.83. The fraction of sp³-hybridized carbons (Fsp3) is 0.409. The molecule has 2 saturated heterocycles. The molecule has 4 heterocycles. The Morgan fingerprint density at radius 3 is 2.60 bits per heavy atom. The van der Waals surface area contributed by atoms with Crippen LogP contribution in [-0.2, 0) is 11.8 Å². The van der Waals surface area contributed by atoms with Gasteiger partial charge in [-0.1, -0.05) is 17.7 Å². The minimum atomic E-state index is -0.506. The predicted octanol–water partition coefficient (Wildman–Crippen LogP) is 3.08. The van der Waals surface area contributed by atoms with Gasteiger partial charge < -0.3 is 10.2 Å². The molecule has 2 aliphatic rings. The summed E-state index contributed by atoms with van der Waals surface area (Å²) >= 11 is 6.64. The molecule has 1 amide bonds. The van der Waals surface area contributed by atoms with E-state index in [1.54, 1.807) is 6.20 Å². The number of aryl methyl sites for hydroxylation is 1. The van der Waals surface area contributed by atoms with Crippen molar-refractivity contribution < 1.29 is 4.79 Å². The summed E-state index contributed by atoms with van der Waals surface area (Å²) in [5.41, 5.74) is 3.22. The van der Waals surface area contributed by atoms with Crippen molar-refractivity contribution in [3.05, 3.63) is 41.8 Å². The zero-order valence-corrected chi connectivity index (χ0v) is 18.1.